The number of hydrogen-bond acceptors (Lipinski definition) is 4. The Hall–Kier alpha value is -2.47. The van der Waals surface area contributed by atoms with Gasteiger partial charge in [0.15, 0.2) is 9.84 Å². The summed E-state index contributed by atoms with van der Waals surface area (Å²) in [4.78, 5) is 11.1. The van der Waals surface area contributed by atoms with Crippen molar-refractivity contribution >= 4 is 22.0 Å². The normalized spacial score (nSPS) is 11.6. The molecule has 0 aliphatic rings. The minimum absolute atomic E-state index is 0.0799. The lowest BCUT2D eigenvalue weighted by molar-refractivity contribution is 0.599. The molecule has 108 valence electrons. The van der Waals surface area contributed by atoms with E-state index in [1.54, 1.807) is 42.5 Å². The van der Waals surface area contributed by atoms with Crippen molar-refractivity contribution in [3.05, 3.63) is 70.7 Å². The SMILES string of the molecule is C=CCS(=O)(=O)c1ccc(C=Cc2ccc(=O)[nH]n2)cc1. The van der Waals surface area contributed by atoms with E-state index >= 15 is 0 Å². The number of rotatable bonds is 5. The average molecular weight is 302 g/mol. The Morgan fingerprint density at radius 1 is 1.10 bits per heavy atom. The van der Waals surface area contributed by atoms with Crippen LogP contribution in [0.15, 0.2) is 58.7 Å². The van der Waals surface area contributed by atoms with Crippen LogP contribution in [0.3, 0.4) is 0 Å². The van der Waals surface area contributed by atoms with Gasteiger partial charge in [0.05, 0.1) is 16.3 Å². The maximum absolute atomic E-state index is 11.8. The molecule has 5 nitrogen and oxygen atoms in total. The highest BCUT2D eigenvalue weighted by atomic mass is 32.2. The van der Waals surface area contributed by atoms with Gasteiger partial charge >= 0.3 is 0 Å². The van der Waals surface area contributed by atoms with E-state index < -0.39 is 9.84 Å². The molecular weight excluding hydrogens is 288 g/mol. The van der Waals surface area contributed by atoms with Crippen molar-refractivity contribution in [1.29, 1.82) is 0 Å². The predicted molar refractivity (Wildman–Crippen MR) is 82.5 cm³/mol. The molecular formula is C15H14N2O3S. The van der Waals surface area contributed by atoms with E-state index in [1.165, 1.54) is 12.1 Å². The molecule has 0 aliphatic heterocycles. The number of aromatic amines is 1. The van der Waals surface area contributed by atoms with Crippen molar-refractivity contribution in [3.8, 4) is 0 Å². The zero-order valence-electron chi connectivity index (χ0n) is 11.2. The average Bonchev–Trinajstić information content (AvgIpc) is 2.47. The second kappa shape index (κ2) is 6.32. The molecule has 0 radical (unpaired) electrons. The summed E-state index contributed by atoms with van der Waals surface area (Å²) in [5.41, 5.74) is 1.18. The monoisotopic (exact) mass is 302 g/mol. The molecule has 0 bridgehead atoms. The topological polar surface area (TPSA) is 79.9 Å². The minimum Gasteiger partial charge on any atom is -0.268 e. The van der Waals surface area contributed by atoms with Gasteiger partial charge in [0.25, 0.3) is 5.56 Å². The molecule has 0 unspecified atom stereocenters. The molecule has 6 heteroatoms. The van der Waals surface area contributed by atoms with Gasteiger partial charge in [0.1, 0.15) is 0 Å². The molecule has 1 heterocycles. The molecule has 0 spiro atoms. The fourth-order valence-corrected chi connectivity index (χ4v) is 2.72. The summed E-state index contributed by atoms with van der Waals surface area (Å²) in [5.74, 6) is -0.0799. The highest BCUT2D eigenvalue weighted by Crippen LogP contribution is 2.14. The lowest BCUT2D eigenvalue weighted by Crippen LogP contribution is -2.05. The summed E-state index contributed by atoms with van der Waals surface area (Å²) in [6.07, 6.45) is 4.87. The number of H-pyrrole nitrogens is 1. The predicted octanol–water partition coefficient (Wildman–Crippen LogP) is 1.90. The third-order valence-corrected chi connectivity index (χ3v) is 4.39. The maximum atomic E-state index is 11.8. The Labute approximate surface area is 122 Å². The van der Waals surface area contributed by atoms with E-state index in [-0.39, 0.29) is 16.2 Å². The number of hydrogen-bond donors (Lipinski definition) is 1. The van der Waals surface area contributed by atoms with Gasteiger partial charge in [-0.15, -0.1) is 6.58 Å². The largest absolute Gasteiger partial charge is 0.268 e. The number of nitrogens with zero attached hydrogens (tertiary/aromatic N) is 1. The smallest absolute Gasteiger partial charge is 0.264 e. The first kappa shape index (κ1) is 14.9. The lowest BCUT2D eigenvalue weighted by atomic mass is 10.2. The van der Waals surface area contributed by atoms with E-state index in [9.17, 15) is 13.2 Å². The quantitative estimate of drug-likeness (QED) is 0.855. The van der Waals surface area contributed by atoms with Crippen molar-refractivity contribution in [3.63, 3.8) is 0 Å². The first-order valence-electron chi connectivity index (χ1n) is 6.19. The molecule has 1 aromatic carbocycles. The van der Waals surface area contributed by atoms with Crippen LogP contribution >= 0.6 is 0 Å². The summed E-state index contributed by atoms with van der Waals surface area (Å²) in [6, 6.07) is 9.50. The highest BCUT2D eigenvalue weighted by molar-refractivity contribution is 7.91. The zero-order chi connectivity index (χ0) is 15.3. The van der Waals surface area contributed by atoms with Crippen LogP contribution < -0.4 is 5.56 Å². The molecule has 21 heavy (non-hydrogen) atoms. The molecule has 0 fully saturated rings. The number of sulfone groups is 1. The molecule has 0 atom stereocenters. The van der Waals surface area contributed by atoms with E-state index in [4.69, 9.17) is 0 Å². The van der Waals surface area contributed by atoms with Crippen molar-refractivity contribution in [2.45, 2.75) is 4.90 Å². The van der Waals surface area contributed by atoms with Crippen LogP contribution in [0, 0.1) is 0 Å². The van der Waals surface area contributed by atoms with E-state index in [0.29, 0.717) is 5.69 Å². The summed E-state index contributed by atoms with van der Waals surface area (Å²) < 4.78 is 23.6. The second-order valence-electron chi connectivity index (χ2n) is 4.32. The Morgan fingerprint density at radius 3 is 2.38 bits per heavy atom. The molecule has 0 amide bonds. The van der Waals surface area contributed by atoms with Crippen LogP contribution in [-0.2, 0) is 9.84 Å². The highest BCUT2D eigenvalue weighted by Gasteiger charge is 2.11. The van der Waals surface area contributed by atoms with Crippen molar-refractivity contribution in [1.82, 2.24) is 10.2 Å². The molecule has 2 rings (SSSR count). The van der Waals surface area contributed by atoms with Crippen LogP contribution in [0.1, 0.15) is 11.3 Å². The Balaban J connectivity index is 2.18. The van der Waals surface area contributed by atoms with Crippen LogP contribution in [0.25, 0.3) is 12.2 Å². The van der Waals surface area contributed by atoms with Gasteiger partial charge in [-0.3, -0.25) is 4.79 Å². The third-order valence-electron chi connectivity index (χ3n) is 2.72. The van der Waals surface area contributed by atoms with Crippen LogP contribution in [0.2, 0.25) is 0 Å². The number of aromatic nitrogens is 2. The third kappa shape index (κ3) is 4.00. The van der Waals surface area contributed by atoms with Gasteiger partial charge in [0, 0.05) is 6.07 Å². The molecule has 0 saturated heterocycles. The molecule has 1 aromatic heterocycles. The van der Waals surface area contributed by atoms with Gasteiger partial charge in [-0.2, -0.15) is 5.10 Å². The summed E-state index contributed by atoms with van der Waals surface area (Å²) in [6.45, 7) is 3.44. The van der Waals surface area contributed by atoms with Crippen molar-refractivity contribution in [2.75, 3.05) is 5.75 Å². The van der Waals surface area contributed by atoms with Gasteiger partial charge in [-0.05, 0) is 29.8 Å². The Bertz CT molecular complexity index is 798. The Kier molecular flexibility index (Phi) is 4.49. The van der Waals surface area contributed by atoms with E-state index in [1.807, 2.05) is 0 Å². The summed E-state index contributed by atoms with van der Waals surface area (Å²) in [7, 11) is -3.29. The van der Waals surface area contributed by atoms with Crippen LogP contribution in [0.5, 0.6) is 0 Å². The minimum atomic E-state index is -3.29. The molecule has 0 aliphatic carbocycles. The second-order valence-corrected chi connectivity index (χ2v) is 6.35. The van der Waals surface area contributed by atoms with Crippen molar-refractivity contribution < 1.29 is 8.42 Å². The molecule has 0 saturated carbocycles. The van der Waals surface area contributed by atoms with Crippen LogP contribution in [0.4, 0.5) is 0 Å². The molecule has 2 aromatic rings. The number of benzene rings is 1. The van der Waals surface area contributed by atoms with E-state index in [2.05, 4.69) is 16.8 Å². The van der Waals surface area contributed by atoms with Gasteiger partial charge in [0.2, 0.25) is 0 Å². The fraction of sp³-hybridized carbons (Fsp3) is 0.0667. The summed E-state index contributed by atoms with van der Waals surface area (Å²) >= 11 is 0. The molecule has 1 N–H and O–H groups in total. The van der Waals surface area contributed by atoms with Gasteiger partial charge in [-0.25, -0.2) is 13.5 Å². The summed E-state index contributed by atoms with van der Waals surface area (Å²) in [5, 5.41) is 6.18. The fourth-order valence-electron chi connectivity index (χ4n) is 1.67. The van der Waals surface area contributed by atoms with Crippen LogP contribution in [-0.4, -0.2) is 24.4 Å². The Morgan fingerprint density at radius 2 is 1.81 bits per heavy atom. The standard InChI is InChI=1S/C15H14N2O3S/c1-2-11-21(19,20)14-8-4-12(5-9-14)3-6-13-7-10-15(18)17-16-13/h2-10H,1,11H2,(H,17,18). The number of nitrogens with one attached hydrogen (secondary N) is 1. The van der Waals surface area contributed by atoms with Crippen molar-refractivity contribution in [2.24, 2.45) is 0 Å². The first-order valence-corrected chi connectivity index (χ1v) is 7.84. The zero-order valence-corrected chi connectivity index (χ0v) is 12.0. The first-order chi connectivity index (χ1) is 10.0. The van der Waals surface area contributed by atoms with Gasteiger partial charge in [-0.1, -0.05) is 24.3 Å². The lowest BCUT2D eigenvalue weighted by Gasteiger charge is -2.01. The van der Waals surface area contributed by atoms with E-state index in [0.717, 1.165) is 5.56 Å². The van der Waals surface area contributed by atoms with Gasteiger partial charge < -0.3 is 0 Å². The maximum Gasteiger partial charge on any atom is 0.264 e.